The molecule has 11 heteroatoms. The normalized spacial score (nSPS) is 9.96. The minimum atomic E-state index is -1.20. The van der Waals surface area contributed by atoms with Crippen molar-refractivity contribution in [2.45, 2.75) is 6.92 Å². The molecule has 4 N–H and O–H groups in total. The second-order valence-corrected chi connectivity index (χ2v) is 6.34. The van der Waals surface area contributed by atoms with Crippen LogP contribution in [0.3, 0.4) is 0 Å². The Morgan fingerprint density at radius 2 is 1.96 bits per heavy atom. The van der Waals surface area contributed by atoms with Crippen LogP contribution in [0.25, 0.3) is 0 Å². The van der Waals surface area contributed by atoms with Crippen molar-refractivity contribution >= 4 is 44.5 Å². The fraction of sp³-hybridized carbons (Fsp3) is 0.0769. The summed E-state index contributed by atoms with van der Waals surface area (Å²) in [7, 11) is 0. The number of carbonyl (C=O) groups is 1. The minimum Gasteiger partial charge on any atom is -0.476 e. The van der Waals surface area contributed by atoms with Crippen LogP contribution in [0.5, 0.6) is 0 Å². The van der Waals surface area contributed by atoms with Crippen molar-refractivity contribution in [1.29, 1.82) is 0 Å². The van der Waals surface area contributed by atoms with Crippen LogP contribution >= 0.6 is 22.7 Å². The number of hydrogen-bond donors (Lipinski definition) is 3. The highest BCUT2D eigenvalue weighted by Crippen LogP contribution is 2.28. The van der Waals surface area contributed by atoms with Gasteiger partial charge in [-0.1, -0.05) is 11.3 Å². The molecule has 0 aliphatic carbocycles. The van der Waals surface area contributed by atoms with Crippen LogP contribution in [0.15, 0.2) is 23.7 Å². The van der Waals surface area contributed by atoms with Gasteiger partial charge < -0.3 is 16.2 Å². The van der Waals surface area contributed by atoms with Gasteiger partial charge in [-0.15, -0.1) is 21.5 Å². The summed E-state index contributed by atoms with van der Waals surface area (Å²) in [6, 6.07) is 2.88. The van der Waals surface area contributed by atoms with E-state index in [1.165, 1.54) is 11.3 Å². The monoisotopic (exact) mass is 371 g/mol. The molecule has 0 aliphatic rings. The van der Waals surface area contributed by atoms with Crippen molar-refractivity contribution in [2.75, 3.05) is 11.1 Å². The molecule has 0 bridgehead atoms. The molecular weight excluding hydrogens is 360 g/mol. The van der Waals surface area contributed by atoms with Crippen molar-refractivity contribution in [3.05, 3.63) is 46.0 Å². The Morgan fingerprint density at radius 1 is 1.29 bits per heavy atom. The van der Waals surface area contributed by atoms with E-state index < -0.39 is 17.6 Å². The molecular formula is C13H11F2N5O2S2. The van der Waals surface area contributed by atoms with Gasteiger partial charge in [-0.25, -0.2) is 18.6 Å². The van der Waals surface area contributed by atoms with E-state index in [9.17, 15) is 13.6 Å². The highest BCUT2D eigenvalue weighted by Gasteiger charge is 2.16. The standard InChI is InChI=1S/C11H8F2N2O2S.C2H3N3S/c1-5-14-9(11(16)17)10(18-5)15-8-3-6(12)2-7(13)4-8;3-2-5-4-1-6-2/h2-4,15H,1H3,(H,16,17);1H,(H2,3,5). The topological polar surface area (TPSA) is 114 Å². The predicted molar refractivity (Wildman–Crippen MR) is 87.8 cm³/mol. The number of aromatic carboxylic acids is 1. The number of nitrogens with one attached hydrogen (secondary N) is 1. The van der Waals surface area contributed by atoms with Gasteiger partial charge in [0.2, 0.25) is 5.13 Å². The Kier molecular flexibility index (Phi) is 5.71. The number of aromatic nitrogens is 3. The molecule has 3 rings (SSSR count). The summed E-state index contributed by atoms with van der Waals surface area (Å²) in [6.45, 7) is 1.65. The van der Waals surface area contributed by atoms with Crippen molar-refractivity contribution < 1.29 is 18.7 Å². The maximum atomic E-state index is 13.0. The Hall–Kier alpha value is -2.66. The van der Waals surface area contributed by atoms with Crippen molar-refractivity contribution in [2.24, 2.45) is 0 Å². The van der Waals surface area contributed by atoms with E-state index >= 15 is 0 Å². The quantitative estimate of drug-likeness (QED) is 0.647. The van der Waals surface area contributed by atoms with Crippen LogP contribution in [0, 0.1) is 18.6 Å². The summed E-state index contributed by atoms with van der Waals surface area (Å²) >= 11 is 2.43. The summed E-state index contributed by atoms with van der Waals surface area (Å²) in [4.78, 5) is 14.7. The van der Waals surface area contributed by atoms with E-state index in [0.717, 1.165) is 29.5 Å². The molecule has 0 fully saturated rings. The van der Waals surface area contributed by atoms with Crippen LogP contribution in [0.1, 0.15) is 15.5 Å². The third-order valence-electron chi connectivity index (χ3n) is 2.43. The highest BCUT2D eigenvalue weighted by atomic mass is 32.1. The van der Waals surface area contributed by atoms with Gasteiger partial charge in [-0.2, -0.15) is 0 Å². The summed E-state index contributed by atoms with van der Waals surface area (Å²) in [5.41, 5.74) is 6.69. The number of halogens is 2. The molecule has 0 radical (unpaired) electrons. The first-order valence-corrected chi connectivity index (χ1v) is 8.00. The van der Waals surface area contributed by atoms with Gasteiger partial charge in [0, 0.05) is 11.8 Å². The van der Waals surface area contributed by atoms with E-state index in [0.29, 0.717) is 10.1 Å². The number of thiazole rings is 1. The Balaban J connectivity index is 0.000000292. The van der Waals surface area contributed by atoms with E-state index in [2.05, 4.69) is 20.5 Å². The Labute approximate surface area is 142 Å². The third-order valence-corrected chi connectivity index (χ3v) is 3.84. The molecule has 2 heterocycles. The van der Waals surface area contributed by atoms with Crippen molar-refractivity contribution in [3.63, 3.8) is 0 Å². The van der Waals surface area contributed by atoms with Gasteiger partial charge in [-0.05, 0) is 19.1 Å². The number of hydrogen-bond acceptors (Lipinski definition) is 8. The summed E-state index contributed by atoms with van der Waals surface area (Å²) < 4.78 is 26.0. The van der Waals surface area contributed by atoms with Gasteiger partial charge >= 0.3 is 5.97 Å². The molecule has 24 heavy (non-hydrogen) atoms. The van der Waals surface area contributed by atoms with Gasteiger partial charge in [0.25, 0.3) is 0 Å². The van der Waals surface area contributed by atoms with Crippen LogP contribution in [-0.4, -0.2) is 26.3 Å². The van der Waals surface area contributed by atoms with Crippen LogP contribution in [0.4, 0.5) is 24.6 Å². The predicted octanol–water partition coefficient (Wildman–Crippen LogP) is 3.29. The molecule has 0 spiro atoms. The molecule has 0 atom stereocenters. The molecule has 3 aromatic rings. The van der Waals surface area contributed by atoms with Crippen LogP contribution in [0.2, 0.25) is 0 Å². The zero-order valence-corrected chi connectivity index (χ0v) is 13.8. The molecule has 0 saturated carbocycles. The van der Waals surface area contributed by atoms with Crippen LogP contribution in [-0.2, 0) is 0 Å². The van der Waals surface area contributed by atoms with Gasteiger partial charge in [0.1, 0.15) is 22.1 Å². The number of anilines is 3. The number of carboxylic acids is 1. The third kappa shape index (κ3) is 4.93. The first-order valence-electron chi connectivity index (χ1n) is 6.30. The van der Waals surface area contributed by atoms with Crippen LogP contribution < -0.4 is 11.1 Å². The second-order valence-electron chi connectivity index (χ2n) is 4.28. The Morgan fingerprint density at radius 3 is 2.42 bits per heavy atom. The molecule has 7 nitrogen and oxygen atoms in total. The number of aryl methyl sites for hydroxylation is 1. The average molecular weight is 371 g/mol. The summed E-state index contributed by atoms with van der Waals surface area (Å²) in [5, 5.41) is 19.8. The number of carboxylic acid groups (broad SMARTS) is 1. The van der Waals surface area contributed by atoms with Gasteiger partial charge in [0.05, 0.1) is 5.01 Å². The number of rotatable bonds is 3. The molecule has 0 saturated heterocycles. The van der Waals surface area contributed by atoms with E-state index in [-0.39, 0.29) is 16.4 Å². The zero-order chi connectivity index (χ0) is 17.7. The molecule has 1 aromatic carbocycles. The lowest BCUT2D eigenvalue weighted by Crippen LogP contribution is -2.01. The molecule has 0 amide bonds. The Bertz CT molecular complexity index is 819. The highest BCUT2D eigenvalue weighted by molar-refractivity contribution is 7.16. The van der Waals surface area contributed by atoms with Gasteiger partial charge in [-0.3, -0.25) is 0 Å². The molecule has 0 unspecified atom stereocenters. The average Bonchev–Trinajstić information content (AvgIpc) is 3.07. The smallest absolute Gasteiger partial charge is 0.357 e. The van der Waals surface area contributed by atoms with Crippen molar-refractivity contribution in [1.82, 2.24) is 15.2 Å². The first-order chi connectivity index (χ1) is 11.3. The largest absolute Gasteiger partial charge is 0.476 e. The lowest BCUT2D eigenvalue weighted by atomic mass is 10.3. The number of benzene rings is 1. The first kappa shape index (κ1) is 17.7. The maximum Gasteiger partial charge on any atom is 0.357 e. The SMILES string of the molecule is Cc1nc(C(=O)O)c(Nc2cc(F)cc(F)c2)s1.Nc1nncs1. The summed E-state index contributed by atoms with van der Waals surface area (Å²) in [5.74, 6) is -2.68. The lowest BCUT2D eigenvalue weighted by molar-refractivity contribution is 0.0692. The zero-order valence-electron chi connectivity index (χ0n) is 12.2. The fourth-order valence-electron chi connectivity index (χ4n) is 1.60. The second kappa shape index (κ2) is 7.75. The molecule has 126 valence electrons. The number of nitrogens with two attached hydrogens (primary N) is 1. The maximum absolute atomic E-state index is 13.0. The number of nitrogens with zero attached hydrogens (tertiary/aromatic N) is 3. The summed E-state index contributed by atoms with van der Waals surface area (Å²) in [6.07, 6.45) is 0. The number of nitrogen functional groups attached to an aromatic ring is 1. The minimum absolute atomic E-state index is 0.138. The molecule has 0 aliphatic heterocycles. The fourth-order valence-corrected chi connectivity index (χ4v) is 2.72. The lowest BCUT2D eigenvalue weighted by Gasteiger charge is -2.04. The van der Waals surface area contributed by atoms with Crippen molar-refractivity contribution in [3.8, 4) is 0 Å². The van der Waals surface area contributed by atoms with E-state index in [1.807, 2.05) is 0 Å². The van der Waals surface area contributed by atoms with E-state index in [4.69, 9.17) is 10.8 Å². The van der Waals surface area contributed by atoms with E-state index in [1.54, 1.807) is 12.4 Å². The van der Waals surface area contributed by atoms with Gasteiger partial charge in [0.15, 0.2) is 5.69 Å². The molecule has 2 aromatic heterocycles.